The number of nitrogens with one attached hydrogen (secondary N) is 2. The Kier molecular flexibility index (Phi) is 7.32. The highest BCUT2D eigenvalue weighted by molar-refractivity contribution is 6.02. The molecule has 3 rings (SSSR count). The van der Waals surface area contributed by atoms with Crippen LogP contribution in [0.4, 0.5) is 11.4 Å². The van der Waals surface area contributed by atoms with Crippen LogP contribution in [0.5, 0.6) is 0 Å². The van der Waals surface area contributed by atoms with Crippen LogP contribution in [0.1, 0.15) is 21.5 Å². The summed E-state index contributed by atoms with van der Waals surface area (Å²) in [5, 5.41) is 6.76. The molecule has 2 N–H and O–H groups in total. The van der Waals surface area contributed by atoms with Gasteiger partial charge in [-0.05, 0) is 53.6 Å². The van der Waals surface area contributed by atoms with Gasteiger partial charge in [0.2, 0.25) is 5.91 Å². The van der Waals surface area contributed by atoms with Gasteiger partial charge in [-0.2, -0.15) is 5.10 Å². The van der Waals surface area contributed by atoms with Gasteiger partial charge in [-0.25, -0.2) is 5.43 Å². The molecule has 0 saturated heterocycles. The first-order chi connectivity index (χ1) is 15.0. The Morgan fingerprint density at radius 2 is 1.52 bits per heavy atom. The van der Waals surface area contributed by atoms with E-state index in [1.165, 1.54) is 6.08 Å². The standard InChI is InChI=1S/C25H24N4O2/c1-29(2)23-15-8-20(9-16-23)18-26-28-25(31)21-11-13-22(14-12-21)27-24(30)17-10-19-6-4-3-5-7-19/h3-18H,1-2H3,(H,27,30)(H,28,31)/b17-10+,26-18-. The van der Waals surface area contributed by atoms with Crippen molar-refractivity contribution in [1.82, 2.24) is 5.43 Å². The zero-order valence-corrected chi connectivity index (χ0v) is 17.4. The van der Waals surface area contributed by atoms with E-state index < -0.39 is 0 Å². The molecule has 0 spiro atoms. The molecule has 6 heteroatoms. The lowest BCUT2D eigenvalue weighted by Crippen LogP contribution is -2.17. The number of hydrogen-bond donors (Lipinski definition) is 2. The fourth-order valence-electron chi connectivity index (χ4n) is 2.71. The third kappa shape index (κ3) is 6.68. The van der Waals surface area contributed by atoms with E-state index in [-0.39, 0.29) is 11.8 Å². The lowest BCUT2D eigenvalue weighted by Gasteiger charge is -2.11. The molecule has 0 atom stereocenters. The fraction of sp³-hybridized carbons (Fsp3) is 0.0800. The van der Waals surface area contributed by atoms with Gasteiger partial charge in [0.25, 0.3) is 5.91 Å². The summed E-state index contributed by atoms with van der Waals surface area (Å²) in [7, 11) is 3.95. The number of amides is 2. The minimum absolute atomic E-state index is 0.245. The van der Waals surface area contributed by atoms with Crippen LogP contribution < -0.4 is 15.6 Å². The molecule has 3 aromatic rings. The van der Waals surface area contributed by atoms with Crippen molar-refractivity contribution in [2.75, 3.05) is 24.3 Å². The van der Waals surface area contributed by atoms with Crippen LogP contribution in [0.25, 0.3) is 6.08 Å². The van der Waals surface area contributed by atoms with Crippen molar-refractivity contribution in [2.24, 2.45) is 5.10 Å². The van der Waals surface area contributed by atoms with Gasteiger partial charge < -0.3 is 10.2 Å². The maximum absolute atomic E-state index is 12.2. The molecule has 6 nitrogen and oxygen atoms in total. The molecule has 0 aliphatic rings. The van der Waals surface area contributed by atoms with Gasteiger partial charge in [-0.15, -0.1) is 0 Å². The second-order valence-corrected chi connectivity index (χ2v) is 7.00. The summed E-state index contributed by atoms with van der Waals surface area (Å²) >= 11 is 0. The first-order valence-corrected chi connectivity index (χ1v) is 9.76. The van der Waals surface area contributed by atoms with E-state index in [4.69, 9.17) is 0 Å². The summed E-state index contributed by atoms with van der Waals surface area (Å²) in [6.45, 7) is 0. The van der Waals surface area contributed by atoms with Gasteiger partial charge >= 0.3 is 0 Å². The Hall–Kier alpha value is -4.19. The van der Waals surface area contributed by atoms with Crippen LogP contribution in [-0.2, 0) is 4.79 Å². The van der Waals surface area contributed by atoms with E-state index in [1.807, 2.05) is 73.6 Å². The Labute approximate surface area is 181 Å². The normalized spacial score (nSPS) is 10.9. The van der Waals surface area contributed by atoms with E-state index in [0.29, 0.717) is 11.3 Å². The summed E-state index contributed by atoms with van der Waals surface area (Å²) < 4.78 is 0. The molecular formula is C25H24N4O2. The molecule has 0 aromatic heterocycles. The summed E-state index contributed by atoms with van der Waals surface area (Å²) in [6.07, 6.45) is 4.80. The predicted molar refractivity (Wildman–Crippen MR) is 126 cm³/mol. The first-order valence-electron chi connectivity index (χ1n) is 9.76. The van der Waals surface area contributed by atoms with Crippen LogP contribution in [0.15, 0.2) is 90.0 Å². The topological polar surface area (TPSA) is 73.8 Å². The highest BCUT2D eigenvalue weighted by Gasteiger charge is 2.05. The van der Waals surface area contributed by atoms with Gasteiger partial charge in [0.15, 0.2) is 0 Å². The Morgan fingerprint density at radius 1 is 0.839 bits per heavy atom. The van der Waals surface area contributed by atoms with Gasteiger partial charge in [0, 0.05) is 37.1 Å². The Balaban J connectivity index is 1.51. The zero-order valence-electron chi connectivity index (χ0n) is 17.4. The van der Waals surface area contributed by atoms with E-state index in [9.17, 15) is 9.59 Å². The lowest BCUT2D eigenvalue weighted by molar-refractivity contribution is -0.111. The van der Waals surface area contributed by atoms with Crippen LogP contribution in [0, 0.1) is 0 Å². The van der Waals surface area contributed by atoms with Crippen LogP contribution in [-0.4, -0.2) is 32.1 Å². The van der Waals surface area contributed by atoms with E-state index in [1.54, 1.807) is 36.6 Å². The summed E-state index contributed by atoms with van der Waals surface area (Å²) in [5.74, 6) is -0.575. The van der Waals surface area contributed by atoms with Crippen LogP contribution in [0.3, 0.4) is 0 Å². The van der Waals surface area contributed by atoms with Crippen molar-refractivity contribution in [3.05, 3.63) is 102 Å². The van der Waals surface area contributed by atoms with Crippen molar-refractivity contribution >= 4 is 35.5 Å². The number of hydrogen-bond acceptors (Lipinski definition) is 4. The zero-order chi connectivity index (χ0) is 22.1. The number of carbonyl (C=O) groups excluding carboxylic acids is 2. The van der Waals surface area contributed by atoms with Crippen LogP contribution >= 0.6 is 0 Å². The first kappa shape index (κ1) is 21.5. The second kappa shape index (κ2) is 10.5. The van der Waals surface area contributed by atoms with Gasteiger partial charge in [0.05, 0.1) is 6.21 Å². The fourth-order valence-corrected chi connectivity index (χ4v) is 2.71. The van der Waals surface area contributed by atoms with Crippen molar-refractivity contribution in [1.29, 1.82) is 0 Å². The summed E-state index contributed by atoms with van der Waals surface area (Å²) in [5.41, 5.74) is 6.46. The molecular weight excluding hydrogens is 388 g/mol. The minimum atomic E-state index is -0.331. The molecule has 31 heavy (non-hydrogen) atoms. The minimum Gasteiger partial charge on any atom is -0.378 e. The van der Waals surface area contributed by atoms with Gasteiger partial charge in [-0.1, -0.05) is 42.5 Å². The van der Waals surface area contributed by atoms with Crippen molar-refractivity contribution < 1.29 is 9.59 Å². The average molecular weight is 412 g/mol. The molecule has 0 heterocycles. The van der Waals surface area contributed by atoms with Crippen LogP contribution in [0.2, 0.25) is 0 Å². The third-order valence-corrected chi connectivity index (χ3v) is 4.43. The lowest BCUT2D eigenvalue weighted by atomic mass is 10.2. The van der Waals surface area contributed by atoms with E-state index in [0.717, 1.165) is 16.8 Å². The van der Waals surface area contributed by atoms with Crippen molar-refractivity contribution in [3.8, 4) is 0 Å². The van der Waals surface area contributed by atoms with Crippen molar-refractivity contribution in [2.45, 2.75) is 0 Å². The monoisotopic (exact) mass is 412 g/mol. The Morgan fingerprint density at radius 3 is 2.16 bits per heavy atom. The maximum Gasteiger partial charge on any atom is 0.271 e. The molecule has 0 aliphatic heterocycles. The molecule has 0 unspecified atom stereocenters. The molecule has 0 radical (unpaired) electrons. The predicted octanol–water partition coefficient (Wildman–Crippen LogP) is 4.17. The Bertz CT molecular complexity index is 1070. The highest BCUT2D eigenvalue weighted by atomic mass is 16.2. The number of nitrogens with zero attached hydrogens (tertiary/aromatic N) is 2. The second-order valence-electron chi connectivity index (χ2n) is 7.00. The molecule has 0 saturated carbocycles. The molecule has 2 amide bonds. The van der Waals surface area contributed by atoms with E-state index in [2.05, 4.69) is 15.8 Å². The number of carbonyl (C=O) groups is 2. The number of hydrazone groups is 1. The maximum atomic E-state index is 12.2. The van der Waals surface area contributed by atoms with Gasteiger partial charge in [0.1, 0.15) is 0 Å². The number of benzene rings is 3. The van der Waals surface area contributed by atoms with Gasteiger partial charge in [-0.3, -0.25) is 9.59 Å². The summed E-state index contributed by atoms with van der Waals surface area (Å²) in [6, 6.07) is 24.0. The molecule has 0 aliphatic carbocycles. The van der Waals surface area contributed by atoms with Crippen molar-refractivity contribution in [3.63, 3.8) is 0 Å². The average Bonchev–Trinajstić information content (AvgIpc) is 2.79. The molecule has 156 valence electrons. The smallest absolute Gasteiger partial charge is 0.271 e. The molecule has 3 aromatic carbocycles. The number of anilines is 2. The molecule has 0 fully saturated rings. The molecule has 0 bridgehead atoms. The van der Waals surface area contributed by atoms with E-state index >= 15 is 0 Å². The largest absolute Gasteiger partial charge is 0.378 e. The summed E-state index contributed by atoms with van der Waals surface area (Å²) in [4.78, 5) is 26.3. The highest BCUT2D eigenvalue weighted by Crippen LogP contribution is 2.12. The number of rotatable bonds is 7. The SMILES string of the molecule is CN(C)c1ccc(/C=N\NC(=O)c2ccc(NC(=O)/C=C/c3ccccc3)cc2)cc1. The quantitative estimate of drug-likeness (QED) is 0.348. The third-order valence-electron chi connectivity index (χ3n) is 4.43.